The summed E-state index contributed by atoms with van der Waals surface area (Å²) in [7, 11) is 0. The minimum atomic E-state index is -0.328. The fourth-order valence-electron chi connectivity index (χ4n) is 1.88. The Morgan fingerprint density at radius 2 is 2.26 bits per heavy atom. The molecule has 2 aromatic heterocycles. The number of aryl methyl sites for hydroxylation is 1. The first-order valence-corrected chi connectivity index (χ1v) is 6.78. The molecule has 2 rings (SSSR count). The lowest BCUT2D eigenvalue weighted by Gasteiger charge is -2.08. The van der Waals surface area contributed by atoms with E-state index >= 15 is 0 Å². The van der Waals surface area contributed by atoms with Crippen molar-refractivity contribution in [1.82, 2.24) is 14.5 Å². The minimum absolute atomic E-state index is 0.0697. The summed E-state index contributed by atoms with van der Waals surface area (Å²) in [5.74, 6) is 0.787. The molecule has 0 saturated heterocycles. The van der Waals surface area contributed by atoms with Crippen molar-refractivity contribution < 1.29 is 9.53 Å². The van der Waals surface area contributed by atoms with E-state index in [0.29, 0.717) is 40.8 Å². The molecule has 5 nitrogen and oxygen atoms in total. The molecule has 0 aromatic carbocycles. The molecular weight excluding hydrogens is 289 g/mol. The number of esters is 1. The van der Waals surface area contributed by atoms with Crippen LogP contribution in [0.2, 0.25) is 5.02 Å². The van der Waals surface area contributed by atoms with Crippen molar-refractivity contribution in [3.63, 3.8) is 0 Å². The molecule has 7 heteroatoms. The van der Waals surface area contributed by atoms with Crippen LogP contribution in [0.15, 0.2) is 12.4 Å². The molecule has 0 bridgehead atoms. The Balaban J connectivity index is 2.48. The zero-order chi connectivity index (χ0) is 13.8. The van der Waals surface area contributed by atoms with Crippen LogP contribution in [0.3, 0.4) is 0 Å². The van der Waals surface area contributed by atoms with Gasteiger partial charge in [0.25, 0.3) is 0 Å². The molecule has 0 amide bonds. The third kappa shape index (κ3) is 2.98. The van der Waals surface area contributed by atoms with E-state index in [-0.39, 0.29) is 12.5 Å². The second-order valence-corrected chi connectivity index (χ2v) is 4.63. The maximum atomic E-state index is 11.7. The summed E-state index contributed by atoms with van der Waals surface area (Å²) in [6, 6.07) is 0. The van der Waals surface area contributed by atoms with Crippen molar-refractivity contribution in [3.05, 3.63) is 23.2 Å². The van der Waals surface area contributed by atoms with Crippen LogP contribution in [0.5, 0.6) is 0 Å². The molecule has 2 aromatic rings. The Kier molecular flexibility index (Phi) is 4.61. The highest BCUT2D eigenvalue weighted by Crippen LogP contribution is 2.24. The van der Waals surface area contributed by atoms with Crippen molar-refractivity contribution in [2.24, 2.45) is 0 Å². The molecular formula is C12H13Cl2N3O2. The van der Waals surface area contributed by atoms with Gasteiger partial charge in [0, 0.05) is 18.5 Å². The van der Waals surface area contributed by atoms with E-state index in [4.69, 9.17) is 27.9 Å². The molecule has 0 spiro atoms. The molecule has 0 aliphatic rings. The van der Waals surface area contributed by atoms with Gasteiger partial charge in [-0.2, -0.15) is 0 Å². The summed E-state index contributed by atoms with van der Waals surface area (Å²) in [4.78, 5) is 20.0. The number of aromatic nitrogens is 3. The highest BCUT2D eigenvalue weighted by molar-refractivity contribution is 6.34. The number of rotatable bonds is 5. The van der Waals surface area contributed by atoms with Gasteiger partial charge in [-0.25, -0.2) is 4.98 Å². The molecule has 0 saturated carbocycles. The summed E-state index contributed by atoms with van der Waals surface area (Å²) < 4.78 is 6.69. The summed E-state index contributed by atoms with van der Waals surface area (Å²) in [6.07, 6.45) is 3.68. The van der Waals surface area contributed by atoms with E-state index in [2.05, 4.69) is 9.97 Å². The van der Waals surface area contributed by atoms with Gasteiger partial charge in [0.2, 0.25) is 0 Å². The number of halogens is 2. The summed E-state index contributed by atoms with van der Waals surface area (Å²) in [6.45, 7) is 2.17. The normalized spacial score (nSPS) is 10.9. The second-order valence-electron chi connectivity index (χ2n) is 3.85. The third-order valence-electron chi connectivity index (χ3n) is 2.60. The quantitative estimate of drug-likeness (QED) is 0.629. The number of hydrogen-bond donors (Lipinski definition) is 0. The van der Waals surface area contributed by atoms with Gasteiger partial charge in [-0.15, -0.1) is 11.6 Å². The molecule has 0 aliphatic carbocycles. The van der Waals surface area contributed by atoms with E-state index in [9.17, 15) is 4.79 Å². The van der Waals surface area contributed by atoms with Gasteiger partial charge in [-0.1, -0.05) is 11.6 Å². The zero-order valence-electron chi connectivity index (χ0n) is 10.4. The molecule has 19 heavy (non-hydrogen) atoms. The van der Waals surface area contributed by atoms with Gasteiger partial charge >= 0.3 is 5.97 Å². The lowest BCUT2D eigenvalue weighted by Crippen LogP contribution is -2.16. The van der Waals surface area contributed by atoms with Crippen molar-refractivity contribution >= 4 is 40.2 Å². The Labute approximate surface area is 120 Å². The van der Waals surface area contributed by atoms with Crippen LogP contribution in [-0.4, -0.2) is 33.0 Å². The lowest BCUT2D eigenvalue weighted by atomic mass is 10.4. The van der Waals surface area contributed by atoms with Gasteiger partial charge in [0.15, 0.2) is 0 Å². The van der Waals surface area contributed by atoms with Crippen molar-refractivity contribution in [2.75, 3.05) is 12.5 Å². The number of hydrogen-bond acceptors (Lipinski definition) is 4. The van der Waals surface area contributed by atoms with Crippen molar-refractivity contribution in [2.45, 2.75) is 19.9 Å². The van der Waals surface area contributed by atoms with Crippen LogP contribution in [0.4, 0.5) is 0 Å². The van der Waals surface area contributed by atoms with Gasteiger partial charge in [0.05, 0.1) is 23.3 Å². The number of nitrogens with zero attached hydrogens (tertiary/aromatic N) is 3. The average molecular weight is 302 g/mol. The Morgan fingerprint density at radius 1 is 1.47 bits per heavy atom. The molecule has 0 fully saturated rings. The highest BCUT2D eigenvalue weighted by Gasteiger charge is 2.16. The average Bonchev–Trinajstić information content (AvgIpc) is 2.70. The van der Waals surface area contributed by atoms with Gasteiger partial charge in [0.1, 0.15) is 17.9 Å². The van der Waals surface area contributed by atoms with E-state index < -0.39 is 0 Å². The fraction of sp³-hybridized carbons (Fsp3) is 0.417. The Morgan fingerprint density at radius 3 is 2.95 bits per heavy atom. The number of fused-ring (bicyclic) bond motifs is 1. The first-order valence-electron chi connectivity index (χ1n) is 5.87. The molecule has 102 valence electrons. The summed E-state index contributed by atoms with van der Waals surface area (Å²) in [5, 5.41) is 0.454. The van der Waals surface area contributed by atoms with E-state index in [0.717, 1.165) is 0 Å². The van der Waals surface area contributed by atoms with Crippen molar-refractivity contribution in [1.29, 1.82) is 0 Å². The standard InChI is InChI=1S/C12H13Cl2N3O2/c1-2-19-11(18)7-17-10(3-4-13)16-9-6-15-5-8(14)12(9)17/h5-6H,2-4,7H2,1H3. The van der Waals surface area contributed by atoms with Gasteiger partial charge in [-0.05, 0) is 6.92 Å². The van der Waals surface area contributed by atoms with Crippen molar-refractivity contribution in [3.8, 4) is 0 Å². The predicted molar refractivity (Wildman–Crippen MR) is 73.6 cm³/mol. The number of imidazole rings is 1. The molecule has 0 N–H and O–H groups in total. The Hall–Kier alpha value is -1.33. The van der Waals surface area contributed by atoms with E-state index in [1.54, 1.807) is 17.7 Å². The zero-order valence-corrected chi connectivity index (χ0v) is 11.9. The topological polar surface area (TPSA) is 57.0 Å². The first kappa shape index (κ1) is 14.1. The van der Waals surface area contributed by atoms with Crippen LogP contribution < -0.4 is 0 Å². The number of alkyl halides is 1. The molecule has 0 aliphatic heterocycles. The van der Waals surface area contributed by atoms with E-state index in [1.807, 2.05) is 0 Å². The molecule has 2 heterocycles. The van der Waals surface area contributed by atoms with Gasteiger partial charge < -0.3 is 9.30 Å². The molecule has 0 atom stereocenters. The smallest absolute Gasteiger partial charge is 0.326 e. The number of carbonyl (C=O) groups excluding carboxylic acids is 1. The van der Waals surface area contributed by atoms with Crippen LogP contribution in [-0.2, 0) is 22.5 Å². The summed E-state index contributed by atoms with van der Waals surface area (Å²) >= 11 is 11.9. The van der Waals surface area contributed by atoms with Crippen LogP contribution in [0, 0.1) is 0 Å². The predicted octanol–water partition coefficient (Wildman–Crippen LogP) is 2.43. The van der Waals surface area contributed by atoms with E-state index in [1.165, 1.54) is 6.20 Å². The largest absolute Gasteiger partial charge is 0.465 e. The number of pyridine rings is 1. The number of carbonyl (C=O) groups is 1. The SMILES string of the molecule is CCOC(=O)Cn1c(CCCl)nc2cncc(Cl)c21. The van der Waals surface area contributed by atoms with Crippen LogP contribution in [0.25, 0.3) is 11.0 Å². The Bertz CT molecular complexity index is 598. The first-order chi connectivity index (χ1) is 9.17. The molecule has 0 unspecified atom stereocenters. The van der Waals surface area contributed by atoms with Crippen LogP contribution in [0.1, 0.15) is 12.7 Å². The monoisotopic (exact) mass is 301 g/mol. The molecule has 0 radical (unpaired) electrons. The third-order valence-corrected chi connectivity index (χ3v) is 3.06. The fourth-order valence-corrected chi connectivity index (χ4v) is 2.30. The number of ether oxygens (including phenoxy) is 1. The maximum absolute atomic E-state index is 11.7. The maximum Gasteiger partial charge on any atom is 0.326 e. The van der Waals surface area contributed by atoms with Gasteiger partial charge in [-0.3, -0.25) is 9.78 Å². The second kappa shape index (κ2) is 6.21. The minimum Gasteiger partial charge on any atom is -0.465 e. The summed E-state index contributed by atoms with van der Waals surface area (Å²) in [5.41, 5.74) is 1.33. The highest BCUT2D eigenvalue weighted by atomic mass is 35.5. The lowest BCUT2D eigenvalue weighted by molar-refractivity contribution is -0.143. The van der Waals surface area contributed by atoms with Crippen LogP contribution >= 0.6 is 23.2 Å².